The lowest BCUT2D eigenvalue weighted by Gasteiger charge is -2.07. The summed E-state index contributed by atoms with van der Waals surface area (Å²) in [5.74, 6) is 0.701. The Morgan fingerprint density at radius 3 is 2.35 bits per heavy atom. The maximum absolute atomic E-state index is 5.97. The predicted molar refractivity (Wildman–Crippen MR) is 70.0 cm³/mol. The van der Waals surface area contributed by atoms with E-state index in [0.717, 1.165) is 0 Å². The third-order valence-electron chi connectivity index (χ3n) is 2.07. The van der Waals surface area contributed by atoms with Gasteiger partial charge in [0.2, 0.25) is 0 Å². The Hall–Kier alpha value is -0.960. The van der Waals surface area contributed by atoms with Crippen molar-refractivity contribution >= 4 is 34.8 Å². The molecule has 2 rings (SSSR count). The molecular formula is C12H8Cl3NO. The highest BCUT2D eigenvalue weighted by Crippen LogP contribution is 2.20. The molecule has 88 valence electrons. The van der Waals surface area contributed by atoms with Crippen LogP contribution in [0.5, 0.6) is 5.75 Å². The number of benzene rings is 1. The van der Waals surface area contributed by atoms with Gasteiger partial charge >= 0.3 is 0 Å². The highest BCUT2D eigenvalue weighted by Gasteiger charge is 2.04. The van der Waals surface area contributed by atoms with Gasteiger partial charge in [-0.2, -0.15) is 0 Å². The van der Waals surface area contributed by atoms with Gasteiger partial charge in [0.1, 0.15) is 17.5 Å². The number of halogens is 3. The van der Waals surface area contributed by atoms with Crippen LogP contribution < -0.4 is 4.74 Å². The normalized spacial score (nSPS) is 10.3. The Morgan fingerprint density at radius 1 is 0.941 bits per heavy atom. The van der Waals surface area contributed by atoms with E-state index in [0.29, 0.717) is 26.6 Å². The first kappa shape index (κ1) is 12.5. The lowest BCUT2D eigenvalue weighted by atomic mass is 10.3. The van der Waals surface area contributed by atoms with Crippen molar-refractivity contribution in [1.29, 1.82) is 0 Å². The molecule has 0 saturated carbocycles. The summed E-state index contributed by atoms with van der Waals surface area (Å²) in [5, 5.41) is 1.59. The first-order chi connectivity index (χ1) is 8.15. The van der Waals surface area contributed by atoms with Crippen LogP contribution in [0.25, 0.3) is 0 Å². The second kappa shape index (κ2) is 5.58. The number of nitrogens with zero attached hydrogens (tertiary/aromatic N) is 1. The van der Waals surface area contributed by atoms with Crippen LogP contribution in [0.1, 0.15) is 5.69 Å². The van der Waals surface area contributed by atoms with Gasteiger partial charge in [-0.05, 0) is 36.4 Å². The van der Waals surface area contributed by atoms with E-state index >= 15 is 0 Å². The van der Waals surface area contributed by atoms with Crippen LogP contribution in [0.2, 0.25) is 15.2 Å². The SMILES string of the molecule is Clc1ccc(OCc2nc(Cl)ccc2Cl)cc1. The van der Waals surface area contributed by atoms with E-state index in [-0.39, 0.29) is 6.61 Å². The molecule has 0 atom stereocenters. The lowest BCUT2D eigenvalue weighted by Crippen LogP contribution is -1.99. The van der Waals surface area contributed by atoms with Crippen molar-refractivity contribution in [3.05, 3.63) is 57.3 Å². The lowest BCUT2D eigenvalue weighted by molar-refractivity contribution is 0.301. The van der Waals surface area contributed by atoms with Crippen LogP contribution in [-0.2, 0) is 6.61 Å². The fraction of sp³-hybridized carbons (Fsp3) is 0.0833. The van der Waals surface area contributed by atoms with E-state index in [1.165, 1.54) is 0 Å². The molecule has 0 unspecified atom stereocenters. The third-order valence-corrected chi connectivity index (χ3v) is 2.88. The summed E-state index contributed by atoms with van der Waals surface area (Å²) in [6, 6.07) is 10.4. The molecule has 17 heavy (non-hydrogen) atoms. The zero-order chi connectivity index (χ0) is 12.3. The third kappa shape index (κ3) is 3.50. The Balaban J connectivity index is 2.07. The van der Waals surface area contributed by atoms with E-state index < -0.39 is 0 Å². The van der Waals surface area contributed by atoms with E-state index in [2.05, 4.69) is 4.98 Å². The topological polar surface area (TPSA) is 22.1 Å². The number of aromatic nitrogens is 1. The molecular weight excluding hydrogens is 280 g/mol. The van der Waals surface area contributed by atoms with Crippen LogP contribution in [-0.4, -0.2) is 4.98 Å². The van der Waals surface area contributed by atoms with Gasteiger partial charge in [0.15, 0.2) is 0 Å². The van der Waals surface area contributed by atoms with Crippen molar-refractivity contribution in [3.8, 4) is 5.75 Å². The van der Waals surface area contributed by atoms with Gasteiger partial charge in [0.25, 0.3) is 0 Å². The fourth-order valence-corrected chi connectivity index (χ4v) is 1.69. The van der Waals surface area contributed by atoms with Crippen molar-refractivity contribution in [3.63, 3.8) is 0 Å². The van der Waals surface area contributed by atoms with Crippen LogP contribution >= 0.6 is 34.8 Å². The van der Waals surface area contributed by atoms with Crippen LogP contribution in [0.3, 0.4) is 0 Å². The first-order valence-corrected chi connectivity index (χ1v) is 5.98. The van der Waals surface area contributed by atoms with E-state index in [4.69, 9.17) is 39.5 Å². The van der Waals surface area contributed by atoms with Gasteiger partial charge in [-0.15, -0.1) is 0 Å². The minimum Gasteiger partial charge on any atom is -0.487 e. The molecule has 0 saturated heterocycles. The molecule has 0 fully saturated rings. The Bertz CT molecular complexity index is 514. The molecule has 2 nitrogen and oxygen atoms in total. The maximum atomic E-state index is 5.97. The van der Waals surface area contributed by atoms with Gasteiger partial charge in [0, 0.05) is 5.02 Å². The number of rotatable bonds is 3. The van der Waals surface area contributed by atoms with Crippen molar-refractivity contribution in [2.45, 2.75) is 6.61 Å². The molecule has 0 radical (unpaired) electrons. The molecule has 0 amide bonds. The van der Waals surface area contributed by atoms with E-state index in [1.807, 2.05) is 0 Å². The molecule has 0 aliphatic carbocycles. The average Bonchev–Trinajstić information content (AvgIpc) is 2.32. The van der Waals surface area contributed by atoms with Crippen LogP contribution in [0, 0.1) is 0 Å². The Kier molecular flexibility index (Phi) is 4.11. The van der Waals surface area contributed by atoms with E-state index in [1.54, 1.807) is 36.4 Å². The second-order valence-corrected chi connectivity index (χ2v) is 4.54. The van der Waals surface area contributed by atoms with Crippen molar-refractivity contribution < 1.29 is 4.74 Å². The first-order valence-electron chi connectivity index (χ1n) is 4.84. The molecule has 0 N–H and O–H groups in total. The van der Waals surface area contributed by atoms with Crippen molar-refractivity contribution in [2.24, 2.45) is 0 Å². The number of pyridine rings is 1. The summed E-state index contributed by atoms with van der Waals surface area (Å²) in [7, 11) is 0. The maximum Gasteiger partial charge on any atom is 0.132 e. The number of hydrogen-bond acceptors (Lipinski definition) is 2. The second-order valence-electron chi connectivity index (χ2n) is 3.31. The minimum atomic E-state index is 0.265. The predicted octanol–water partition coefficient (Wildman–Crippen LogP) is 4.62. The number of ether oxygens (including phenoxy) is 1. The van der Waals surface area contributed by atoms with Gasteiger partial charge in [0.05, 0.1) is 10.7 Å². The summed E-state index contributed by atoms with van der Waals surface area (Å²) in [6.45, 7) is 0.265. The summed E-state index contributed by atoms with van der Waals surface area (Å²) >= 11 is 17.5. The van der Waals surface area contributed by atoms with Crippen LogP contribution in [0.4, 0.5) is 0 Å². The molecule has 0 bridgehead atoms. The highest BCUT2D eigenvalue weighted by atomic mass is 35.5. The van der Waals surface area contributed by atoms with Gasteiger partial charge in [-0.3, -0.25) is 0 Å². The smallest absolute Gasteiger partial charge is 0.132 e. The zero-order valence-electron chi connectivity index (χ0n) is 8.66. The van der Waals surface area contributed by atoms with Gasteiger partial charge < -0.3 is 4.74 Å². The average molecular weight is 289 g/mol. The minimum absolute atomic E-state index is 0.265. The molecule has 1 aromatic carbocycles. The quantitative estimate of drug-likeness (QED) is 0.769. The Labute approximate surface area is 114 Å². The summed E-state index contributed by atoms with van der Waals surface area (Å²) in [4.78, 5) is 4.09. The van der Waals surface area contributed by atoms with Crippen LogP contribution in [0.15, 0.2) is 36.4 Å². The number of hydrogen-bond donors (Lipinski definition) is 0. The standard InChI is InChI=1S/C12H8Cl3NO/c13-8-1-3-9(4-2-8)17-7-11-10(14)5-6-12(15)16-11/h1-6H,7H2. The fourth-order valence-electron chi connectivity index (χ4n) is 1.24. The molecule has 0 aliphatic heterocycles. The summed E-state index contributed by atoms with van der Waals surface area (Å²) < 4.78 is 5.52. The largest absolute Gasteiger partial charge is 0.487 e. The van der Waals surface area contributed by atoms with Crippen molar-refractivity contribution in [2.75, 3.05) is 0 Å². The monoisotopic (exact) mass is 287 g/mol. The molecule has 2 aromatic rings. The molecule has 1 heterocycles. The molecule has 1 aromatic heterocycles. The summed E-state index contributed by atoms with van der Waals surface area (Å²) in [5.41, 5.74) is 0.606. The molecule has 5 heteroatoms. The van der Waals surface area contributed by atoms with Gasteiger partial charge in [-0.25, -0.2) is 4.98 Å². The van der Waals surface area contributed by atoms with Gasteiger partial charge in [-0.1, -0.05) is 34.8 Å². The highest BCUT2D eigenvalue weighted by molar-refractivity contribution is 6.32. The zero-order valence-corrected chi connectivity index (χ0v) is 10.9. The molecule has 0 aliphatic rings. The van der Waals surface area contributed by atoms with E-state index in [9.17, 15) is 0 Å². The van der Waals surface area contributed by atoms with Crippen molar-refractivity contribution in [1.82, 2.24) is 4.98 Å². The Morgan fingerprint density at radius 2 is 1.65 bits per heavy atom. The molecule has 0 spiro atoms. The summed E-state index contributed by atoms with van der Waals surface area (Å²) in [6.07, 6.45) is 0.